The lowest BCUT2D eigenvalue weighted by Gasteiger charge is -2.29. The van der Waals surface area contributed by atoms with Crippen LogP contribution in [0.5, 0.6) is 0 Å². The Balaban J connectivity index is 2.75. The first-order valence-electron chi connectivity index (χ1n) is 3.37. The molecule has 0 aromatic rings. The van der Waals surface area contributed by atoms with Crippen LogP contribution in [0, 0.1) is 0 Å². The number of rotatable bonds is 1. The van der Waals surface area contributed by atoms with Crippen molar-refractivity contribution >= 4 is 11.6 Å². The molecule has 1 aliphatic rings. The summed E-state index contributed by atoms with van der Waals surface area (Å²) in [6, 6.07) is 0. The molecule has 56 valence electrons. The summed E-state index contributed by atoms with van der Waals surface area (Å²) in [7, 11) is 3.93. The van der Waals surface area contributed by atoms with E-state index in [2.05, 4.69) is 12.2 Å². The predicted molar refractivity (Wildman–Crippen MR) is 45.2 cm³/mol. The van der Waals surface area contributed by atoms with Gasteiger partial charge in [0.2, 0.25) is 0 Å². The Hall–Kier alpha value is -0.270. The second-order valence-corrected chi connectivity index (χ2v) is 3.27. The summed E-state index contributed by atoms with van der Waals surface area (Å²) in [6.07, 6.45) is 9.17. The molecule has 0 aromatic carbocycles. The van der Waals surface area contributed by atoms with Crippen LogP contribution in [0.1, 0.15) is 6.42 Å². The number of alkyl halides is 1. The highest BCUT2D eigenvalue weighted by molar-refractivity contribution is 6.26. The van der Waals surface area contributed by atoms with E-state index >= 15 is 0 Å². The Morgan fingerprint density at radius 3 is 2.10 bits per heavy atom. The van der Waals surface area contributed by atoms with Crippen molar-refractivity contribution in [3.05, 3.63) is 24.3 Å². The first-order valence-corrected chi connectivity index (χ1v) is 3.75. The van der Waals surface area contributed by atoms with Gasteiger partial charge in [0.15, 0.2) is 0 Å². The Morgan fingerprint density at radius 1 is 1.30 bits per heavy atom. The molecular formula is C8H12ClN. The summed E-state index contributed by atoms with van der Waals surface area (Å²) in [4.78, 5) is 1.60. The number of hydrogen-bond donors (Lipinski definition) is 0. The average molecular weight is 158 g/mol. The maximum absolute atomic E-state index is 6.16. The molecule has 0 aliphatic heterocycles. The SMILES string of the molecule is CN(C)C1(Cl)C=CCC=C1. The molecule has 0 heterocycles. The van der Waals surface area contributed by atoms with Gasteiger partial charge in [0, 0.05) is 0 Å². The van der Waals surface area contributed by atoms with E-state index < -0.39 is 0 Å². The Bertz CT molecular complexity index is 158. The van der Waals surface area contributed by atoms with E-state index in [1.54, 1.807) is 0 Å². The molecule has 0 unspecified atom stereocenters. The van der Waals surface area contributed by atoms with Gasteiger partial charge in [0.1, 0.15) is 5.00 Å². The van der Waals surface area contributed by atoms with E-state index in [0.29, 0.717) is 0 Å². The van der Waals surface area contributed by atoms with Gasteiger partial charge in [0.05, 0.1) is 0 Å². The highest BCUT2D eigenvalue weighted by atomic mass is 35.5. The Morgan fingerprint density at radius 2 is 1.80 bits per heavy atom. The minimum atomic E-state index is -0.377. The van der Waals surface area contributed by atoms with Crippen molar-refractivity contribution in [2.75, 3.05) is 14.1 Å². The fourth-order valence-corrected chi connectivity index (χ4v) is 1.08. The number of likely N-dealkylation sites (N-methyl/N-ethyl adjacent to an activating group) is 1. The van der Waals surface area contributed by atoms with Gasteiger partial charge in [-0.3, -0.25) is 4.90 Å². The van der Waals surface area contributed by atoms with Gasteiger partial charge in [-0.15, -0.1) is 0 Å². The summed E-state index contributed by atoms with van der Waals surface area (Å²) in [5.74, 6) is 0. The van der Waals surface area contributed by atoms with Gasteiger partial charge in [-0.05, 0) is 32.7 Å². The van der Waals surface area contributed by atoms with Crippen molar-refractivity contribution in [2.45, 2.75) is 11.4 Å². The van der Waals surface area contributed by atoms with E-state index in [0.717, 1.165) is 6.42 Å². The standard InChI is InChI=1S/C8H12ClN/c1-10(2)8(9)6-4-3-5-7-8/h4-7H,3H2,1-2H3. The second-order valence-electron chi connectivity index (χ2n) is 2.66. The van der Waals surface area contributed by atoms with Crippen molar-refractivity contribution in [2.24, 2.45) is 0 Å². The van der Waals surface area contributed by atoms with Crippen molar-refractivity contribution in [1.82, 2.24) is 4.90 Å². The molecular weight excluding hydrogens is 146 g/mol. The molecule has 0 bridgehead atoms. The zero-order valence-corrected chi connectivity index (χ0v) is 7.10. The molecule has 1 rings (SSSR count). The first kappa shape index (κ1) is 7.83. The monoisotopic (exact) mass is 157 g/mol. The maximum atomic E-state index is 6.16. The van der Waals surface area contributed by atoms with Crippen molar-refractivity contribution in [3.63, 3.8) is 0 Å². The fraction of sp³-hybridized carbons (Fsp3) is 0.500. The van der Waals surface area contributed by atoms with Crippen LogP contribution in [0.4, 0.5) is 0 Å². The normalized spacial score (nSPS) is 22.0. The van der Waals surface area contributed by atoms with Crippen LogP contribution in [-0.4, -0.2) is 24.0 Å². The van der Waals surface area contributed by atoms with Gasteiger partial charge in [-0.1, -0.05) is 23.8 Å². The zero-order valence-electron chi connectivity index (χ0n) is 6.34. The van der Waals surface area contributed by atoms with E-state index in [1.807, 2.05) is 31.1 Å². The molecule has 0 atom stereocenters. The third-order valence-electron chi connectivity index (χ3n) is 1.66. The van der Waals surface area contributed by atoms with Crippen molar-refractivity contribution in [1.29, 1.82) is 0 Å². The lowest BCUT2D eigenvalue weighted by molar-refractivity contribution is 0.350. The van der Waals surface area contributed by atoms with Gasteiger partial charge in [-0.25, -0.2) is 0 Å². The highest BCUT2D eigenvalue weighted by Gasteiger charge is 2.23. The van der Waals surface area contributed by atoms with Crippen molar-refractivity contribution in [3.8, 4) is 0 Å². The van der Waals surface area contributed by atoms with E-state index in [1.165, 1.54) is 0 Å². The molecule has 1 aliphatic carbocycles. The fourth-order valence-electron chi connectivity index (χ4n) is 0.899. The van der Waals surface area contributed by atoms with Crippen LogP contribution in [0.15, 0.2) is 24.3 Å². The van der Waals surface area contributed by atoms with Crippen LogP contribution >= 0.6 is 11.6 Å². The molecule has 0 spiro atoms. The highest BCUT2D eigenvalue weighted by Crippen LogP contribution is 2.24. The van der Waals surface area contributed by atoms with Gasteiger partial charge >= 0.3 is 0 Å². The van der Waals surface area contributed by atoms with E-state index in [9.17, 15) is 0 Å². The summed E-state index contributed by atoms with van der Waals surface area (Å²) in [5.41, 5.74) is 0. The van der Waals surface area contributed by atoms with E-state index in [4.69, 9.17) is 11.6 Å². The lowest BCUT2D eigenvalue weighted by Crippen LogP contribution is -2.35. The van der Waals surface area contributed by atoms with Crippen LogP contribution in [-0.2, 0) is 0 Å². The molecule has 10 heavy (non-hydrogen) atoms. The van der Waals surface area contributed by atoms with Gasteiger partial charge in [-0.2, -0.15) is 0 Å². The summed E-state index contributed by atoms with van der Waals surface area (Å²) in [5, 5.41) is 0. The quantitative estimate of drug-likeness (QED) is 0.320. The summed E-state index contributed by atoms with van der Waals surface area (Å²) < 4.78 is 0. The maximum Gasteiger partial charge on any atom is 0.133 e. The Kier molecular flexibility index (Phi) is 2.17. The number of allylic oxidation sites excluding steroid dienone is 2. The van der Waals surface area contributed by atoms with Crippen LogP contribution in [0.2, 0.25) is 0 Å². The smallest absolute Gasteiger partial charge is 0.133 e. The number of halogens is 1. The summed E-state index contributed by atoms with van der Waals surface area (Å²) in [6.45, 7) is 0. The van der Waals surface area contributed by atoms with Gasteiger partial charge < -0.3 is 0 Å². The van der Waals surface area contributed by atoms with Crippen LogP contribution < -0.4 is 0 Å². The summed E-state index contributed by atoms with van der Waals surface area (Å²) >= 11 is 6.16. The van der Waals surface area contributed by atoms with Crippen LogP contribution in [0.25, 0.3) is 0 Å². The molecule has 0 radical (unpaired) electrons. The average Bonchev–Trinajstić information content (AvgIpc) is 1.89. The topological polar surface area (TPSA) is 3.24 Å². The first-order chi connectivity index (χ1) is 4.65. The van der Waals surface area contributed by atoms with Crippen molar-refractivity contribution < 1.29 is 0 Å². The number of hydrogen-bond acceptors (Lipinski definition) is 1. The molecule has 0 N–H and O–H groups in total. The third-order valence-corrected chi connectivity index (χ3v) is 2.25. The molecule has 0 amide bonds. The molecule has 2 heteroatoms. The third kappa shape index (κ3) is 1.41. The zero-order chi connectivity index (χ0) is 7.61. The minimum absolute atomic E-state index is 0.377. The molecule has 0 saturated carbocycles. The van der Waals surface area contributed by atoms with E-state index in [-0.39, 0.29) is 5.00 Å². The second kappa shape index (κ2) is 2.77. The minimum Gasteiger partial charge on any atom is -0.285 e. The molecule has 0 saturated heterocycles. The predicted octanol–water partition coefficient (Wildman–Crippen LogP) is 2.00. The Labute approximate surface area is 67.0 Å². The molecule has 1 nitrogen and oxygen atoms in total. The molecule has 0 fully saturated rings. The number of nitrogens with zero attached hydrogens (tertiary/aromatic N) is 1. The lowest BCUT2D eigenvalue weighted by atomic mass is 10.1. The van der Waals surface area contributed by atoms with Crippen LogP contribution in [0.3, 0.4) is 0 Å². The largest absolute Gasteiger partial charge is 0.285 e. The molecule has 0 aromatic heterocycles. The van der Waals surface area contributed by atoms with Gasteiger partial charge in [0.25, 0.3) is 0 Å².